The van der Waals surface area contributed by atoms with Crippen LogP contribution in [0.5, 0.6) is 0 Å². The summed E-state index contributed by atoms with van der Waals surface area (Å²) in [7, 11) is 0. The third-order valence-corrected chi connectivity index (χ3v) is 2.07. The van der Waals surface area contributed by atoms with Gasteiger partial charge in [-0.05, 0) is 31.4 Å². The first-order valence-electron chi connectivity index (χ1n) is 4.43. The van der Waals surface area contributed by atoms with E-state index >= 15 is 0 Å². The second-order valence-corrected chi connectivity index (χ2v) is 2.99. The Morgan fingerprint density at radius 1 is 1.33 bits per heavy atom. The van der Waals surface area contributed by atoms with Crippen molar-refractivity contribution in [2.75, 3.05) is 5.73 Å². The third-order valence-electron chi connectivity index (χ3n) is 2.07. The number of nitrogens with two attached hydrogens (primary N) is 1. The lowest BCUT2D eigenvalue weighted by atomic mass is 10.1. The number of rotatable bonds is 2. The lowest BCUT2D eigenvalue weighted by molar-refractivity contribution is 0.985. The molecule has 0 amide bonds. The zero-order valence-corrected chi connectivity index (χ0v) is 8.02. The van der Waals surface area contributed by atoms with Crippen LogP contribution >= 0.6 is 0 Å². The molecule has 0 aliphatic rings. The van der Waals surface area contributed by atoms with Gasteiger partial charge in [-0.3, -0.25) is 4.98 Å². The van der Waals surface area contributed by atoms with Crippen LogP contribution in [0.15, 0.2) is 6.07 Å². The minimum atomic E-state index is 0.880. The number of pyridine rings is 1. The van der Waals surface area contributed by atoms with Crippen molar-refractivity contribution in [1.29, 1.82) is 0 Å². The molecule has 66 valence electrons. The van der Waals surface area contributed by atoms with Crippen molar-refractivity contribution in [3.8, 4) is 0 Å². The largest absolute Gasteiger partial charge is 0.397 e. The summed E-state index contributed by atoms with van der Waals surface area (Å²) in [5, 5.41) is 0. The molecule has 0 saturated heterocycles. The number of nitrogen functional groups attached to an aromatic ring is 1. The zero-order valence-electron chi connectivity index (χ0n) is 8.02. The smallest absolute Gasteiger partial charge is 0.0635 e. The van der Waals surface area contributed by atoms with Gasteiger partial charge in [-0.25, -0.2) is 0 Å². The van der Waals surface area contributed by atoms with Gasteiger partial charge in [0.25, 0.3) is 0 Å². The van der Waals surface area contributed by atoms with E-state index in [4.69, 9.17) is 5.73 Å². The van der Waals surface area contributed by atoms with Crippen molar-refractivity contribution in [3.05, 3.63) is 23.0 Å². The maximum absolute atomic E-state index is 5.91. The minimum Gasteiger partial charge on any atom is -0.397 e. The van der Waals surface area contributed by atoms with Gasteiger partial charge >= 0.3 is 0 Å². The van der Waals surface area contributed by atoms with Crippen LogP contribution in [0.1, 0.15) is 30.8 Å². The SMILES string of the molecule is CCc1cc(C)nc(CC)c1N. The second-order valence-electron chi connectivity index (χ2n) is 2.99. The van der Waals surface area contributed by atoms with Gasteiger partial charge in [0.05, 0.1) is 11.4 Å². The maximum Gasteiger partial charge on any atom is 0.0635 e. The van der Waals surface area contributed by atoms with E-state index < -0.39 is 0 Å². The highest BCUT2D eigenvalue weighted by molar-refractivity contribution is 5.51. The Hall–Kier alpha value is -1.05. The van der Waals surface area contributed by atoms with E-state index in [-0.39, 0.29) is 0 Å². The normalized spacial score (nSPS) is 10.2. The summed E-state index contributed by atoms with van der Waals surface area (Å²) in [5.41, 5.74) is 10.1. The monoisotopic (exact) mass is 164 g/mol. The molecule has 0 aliphatic heterocycles. The molecule has 0 fully saturated rings. The lowest BCUT2D eigenvalue weighted by Crippen LogP contribution is -2.02. The Morgan fingerprint density at radius 2 is 2.00 bits per heavy atom. The van der Waals surface area contributed by atoms with Crippen LogP contribution < -0.4 is 5.73 Å². The first-order valence-corrected chi connectivity index (χ1v) is 4.43. The summed E-state index contributed by atoms with van der Waals surface area (Å²) in [4.78, 5) is 4.37. The minimum absolute atomic E-state index is 0.880. The van der Waals surface area contributed by atoms with Gasteiger partial charge < -0.3 is 5.73 Å². The zero-order chi connectivity index (χ0) is 9.14. The van der Waals surface area contributed by atoms with E-state index in [1.165, 1.54) is 5.56 Å². The predicted octanol–water partition coefficient (Wildman–Crippen LogP) is 2.10. The van der Waals surface area contributed by atoms with Crippen LogP contribution in [0, 0.1) is 6.92 Å². The van der Waals surface area contributed by atoms with Crippen LogP contribution in [-0.2, 0) is 12.8 Å². The van der Waals surface area contributed by atoms with Crippen LogP contribution in [0.2, 0.25) is 0 Å². The number of aryl methyl sites for hydroxylation is 3. The molecule has 0 spiro atoms. The fraction of sp³-hybridized carbons (Fsp3) is 0.500. The summed E-state index contributed by atoms with van der Waals surface area (Å²) in [6.07, 6.45) is 1.91. The predicted molar refractivity (Wildman–Crippen MR) is 52.1 cm³/mol. The van der Waals surface area contributed by atoms with Crippen LogP contribution in [0.25, 0.3) is 0 Å². The molecule has 0 saturated carbocycles. The Morgan fingerprint density at radius 3 is 2.50 bits per heavy atom. The van der Waals surface area contributed by atoms with E-state index in [1.807, 2.05) is 6.92 Å². The molecule has 1 rings (SSSR count). The molecule has 0 unspecified atom stereocenters. The number of aromatic nitrogens is 1. The molecular weight excluding hydrogens is 148 g/mol. The second kappa shape index (κ2) is 3.57. The van der Waals surface area contributed by atoms with E-state index in [0.717, 1.165) is 29.9 Å². The molecule has 1 aromatic heterocycles. The van der Waals surface area contributed by atoms with Crippen LogP contribution in [0.3, 0.4) is 0 Å². The molecule has 2 nitrogen and oxygen atoms in total. The summed E-state index contributed by atoms with van der Waals surface area (Å²) >= 11 is 0. The summed E-state index contributed by atoms with van der Waals surface area (Å²) < 4.78 is 0. The topological polar surface area (TPSA) is 38.9 Å². The number of hydrogen-bond acceptors (Lipinski definition) is 2. The molecular formula is C10H16N2. The van der Waals surface area contributed by atoms with Crippen molar-refractivity contribution in [2.45, 2.75) is 33.6 Å². The van der Waals surface area contributed by atoms with E-state index in [0.29, 0.717) is 0 Å². The van der Waals surface area contributed by atoms with Crippen LogP contribution in [-0.4, -0.2) is 4.98 Å². The highest BCUT2D eigenvalue weighted by atomic mass is 14.8. The van der Waals surface area contributed by atoms with Gasteiger partial charge in [0, 0.05) is 5.69 Å². The Kier molecular flexibility index (Phi) is 2.69. The van der Waals surface area contributed by atoms with E-state index in [1.54, 1.807) is 0 Å². The highest BCUT2D eigenvalue weighted by Crippen LogP contribution is 2.17. The van der Waals surface area contributed by atoms with Gasteiger partial charge in [0.2, 0.25) is 0 Å². The fourth-order valence-electron chi connectivity index (χ4n) is 1.38. The fourth-order valence-corrected chi connectivity index (χ4v) is 1.38. The number of anilines is 1. The van der Waals surface area contributed by atoms with Crippen LogP contribution in [0.4, 0.5) is 5.69 Å². The maximum atomic E-state index is 5.91. The summed E-state index contributed by atoms with van der Waals surface area (Å²) in [6, 6.07) is 2.06. The van der Waals surface area contributed by atoms with Crippen molar-refractivity contribution in [1.82, 2.24) is 4.98 Å². The van der Waals surface area contributed by atoms with Gasteiger partial charge in [-0.1, -0.05) is 13.8 Å². The molecule has 1 aromatic rings. The quantitative estimate of drug-likeness (QED) is 0.727. The lowest BCUT2D eigenvalue weighted by Gasteiger charge is -2.08. The molecule has 12 heavy (non-hydrogen) atoms. The average Bonchev–Trinajstić information content (AvgIpc) is 2.08. The first-order chi connectivity index (χ1) is 5.69. The van der Waals surface area contributed by atoms with Crippen molar-refractivity contribution < 1.29 is 0 Å². The molecule has 0 radical (unpaired) electrons. The van der Waals surface area contributed by atoms with Crippen molar-refractivity contribution >= 4 is 5.69 Å². The summed E-state index contributed by atoms with van der Waals surface area (Å²) in [5.74, 6) is 0. The first kappa shape index (κ1) is 9.04. The Labute approximate surface area is 73.8 Å². The van der Waals surface area contributed by atoms with Crippen molar-refractivity contribution in [2.24, 2.45) is 0 Å². The molecule has 2 heteroatoms. The third kappa shape index (κ3) is 1.58. The van der Waals surface area contributed by atoms with Gasteiger partial charge in [0.15, 0.2) is 0 Å². The average molecular weight is 164 g/mol. The Balaban J connectivity index is 3.22. The van der Waals surface area contributed by atoms with Gasteiger partial charge in [-0.2, -0.15) is 0 Å². The van der Waals surface area contributed by atoms with Gasteiger partial charge in [0.1, 0.15) is 0 Å². The van der Waals surface area contributed by atoms with E-state index in [9.17, 15) is 0 Å². The molecule has 0 aliphatic carbocycles. The molecule has 0 bridgehead atoms. The highest BCUT2D eigenvalue weighted by Gasteiger charge is 2.04. The molecule has 2 N–H and O–H groups in total. The number of nitrogens with zero attached hydrogens (tertiary/aromatic N) is 1. The standard InChI is InChI=1S/C10H16N2/c1-4-8-6-7(3)12-9(5-2)10(8)11/h6H,4-5,11H2,1-3H3. The van der Waals surface area contributed by atoms with Crippen molar-refractivity contribution in [3.63, 3.8) is 0 Å². The van der Waals surface area contributed by atoms with E-state index in [2.05, 4.69) is 24.9 Å². The molecule has 0 aromatic carbocycles. The van der Waals surface area contributed by atoms with Gasteiger partial charge in [-0.15, -0.1) is 0 Å². The molecule has 0 atom stereocenters. The number of hydrogen-bond donors (Lipinski definition) is 1. The molecule has 1 heterocycles. The summed E-state index contributed by atoms with van der Waals surface area (Å²) in [6.45, 7) is 6.21. The Bertz CT molecular complexity index is 254.